The first kappa shape index (κ1) is 9.37. The highest BCUT2D eigenvalue weighted by Gasteiger charge is 2.07. The van der Waals surface area contributed by atoms with Gasteiger partial charge in [-0.05, 0) is 34.7 Å². The normalized spacial score (nSPS) is 9.83. The van der Waals surface area contributed by atoms with Crippen molar-refractivity contribution in [3.63, 3.8) is 0 Å². The fourth-order valence-corrected chi connectivity index (χ4v) is 1.22. The molecule has 0 aromatic carbocycles. The Bertz CT molecular complexity index is 316. The van der Waals surface area contributed by atoms with Gasteiger partial charge in [-0.25, -0.2) is 4.98 Å². The van der Waals surface area contributed by atoms with Crippen LogP contribution in [0.15, 0.2) is 12.1 Å². The van der Waals surface area contributed by atoms with Crippen molar-refractivity contribution in [3.05, 3.63) is 27.3 Å². The van der Waals surface area contributed by atoms with Crippen LogP contribution in [0.1, 0.15) is 5.69 Å². The number of carboxylic acids is 1. The van der Waals surface area contributed by atoms with Crippen LogP contribution in [0.2, 0.25) is 0 Å². The number of halogens is 2. The molecule has 5 heteroatoms. The second-order valence-corrected chi connectivity index (χ2v) is 3.30. The molecule has 0 amide bonds. The van der Waals surface area contributed by atoms with Crippen LogP contribution in [0.25, 0.3) is 0 Å². The van der Waals surface area contributed by atoms with Crippen LogP contribution in [0.4, 0.5) is 4.39 Å². The summed E-state index contributed by atoms with van der Waals surface area (Å²) in [6, 6.07) is 2.70. The zero-order chi connectivity index (χ0) is 9.14. The lowest BCUT2D eigenvalue weighted by atomic mass is 10.3. The van der Waals surface area contributed by atoms with Crippen LogP contribution in [-0.4, -0.2) is 16.1 Å². The highest BCUT2D eigenvalue weighted by atomic mass is 127. The highest BCUT2D eigenvalue weighted by Crippen LogP contribution is 2.10. The van der Waals surface area contributed by atoms with Gasteiger partial charge in [-0.3, -0.25) is 4.79 Å². The second kappa shape index (κ2) is 3.79. The Balaban J connectivity index is 2.97. The Hall–Kier alpha value is -0.720. The summed E-state index contributed by atoms with van der Waals surface area (Å²) < 4.78 is 13.2. The summed E-state index contributed by atoms with van der Waals surface area (Å²) in [6.45, 7) is 0. The molecular formula is C7H5FINO2. The first-order chi connectivity index (χ1) is 5.59. The molecule has 0 aliphatic heterocycles. The molecule has 0 aliphatic rings. The Morgan fingerprint density at radius 2 is 2.33 bits per heavy atom. The first-order valence-electron chi connectivity index (χ1n) is 3.12. The van der Waals surface area contributed by atoms with E-state index in [0.717, 1.165) is 0 Å². The van der Waals surface area contributed by atoms with Gasteiger partial charge >= 0.3 is 5.97 Å². The molecule has 12 heavy (non-hydrogen) atoms. The van der Waals surface area contributed by atoms with Crippen molar-refractivity contribution in [3.8, 4) is 0 Å². The third-order valence-corrected chi connectivity index (χ3v) is 2.19. The molecule has 0 aliphatic carbocycles. The predicted octanol–water partition coefficient (Wildman–Crippen LogP) is 1.45. The van der Waals surface area contributed by atoms with E-state index in [2.05, 4.69) is 4.98 Å². The fourth-order valence-electron chi connectivity index (χ4n) is 0.725. The SMILES string of the molecule is O=C(O)Cc1nc(F)ccc1I. The zero-order valence-corrected chi connectivity index (χ0v) is 8.08. The van der Waals surface area contributed by atoms with Crippen molar-refractivity contribution in [2.24, 2.45) is 0 Å². The van der Waals surface area contributed by atoms with Crippen LogP contribution < -0.4 is 0 Å². The van der Waals surface area contributed by atoms with E-state index in [-0.39, 0.29) is 12.1 Å². The number of aromatic nitrogens is 1. The van der Waals surface area contributed by atoms with Crippen molar-refractivity contribution in [2.45, 2.75) is 6.42 Å². The molecular weight excluding hydrogens is 276 g/mol. The third kappa shape index (κ3) is 2.40. The van der Waals surface area contributed by atoms with Crippen molar-refractivity contribution in [1.82, 2.24) is 4.98 Å². The van der Waals surface area contributed by atoms with Gasteiger partial charge in [0.15, 0.2) is 0 Å². The molecule has 0 fully saturated rings. The van der Waals surface area contributed by atoms with Crippen molar-refractivity contribution in [2.75, 3.05) is 0 Å². The van der Waals surface area contributed by atoms with Gasteiger partial charge < -0.3 is 5.11 Å². The topological polar surface area (TPSA) is 50.2 Å². The average Bonchev–Trinajstić information content (AvgIpc) is 1.96. The van der Waals surface area contributed by atoms with Gasteiger partial charge in [-0.2, -0.15) is 4.39 Å². The Kier molecular flexibility index (Phi) is 2.96. The van der Waals surface area contributed by atoms with Crippen LogP contribution in [0.3, 0.4) is 0 Å². The Morgan fingerprint density at radius 1 is 1.67 bits per heavy atom. The maximum atomic E-state index is 12.5. The third-order valence-electron chi connectivity index (χ3n) is 1.20. The number of carbonyl (C=O) groups is 1. The van der Waals surface area contributed by atoms with E-state index in [0.29, 0.717) is 3.57 Å². The number of hydrogen-bond acceptors (Lipinski definition) is 2. The van der Waals surface area contributed by atoms with Crippen molar-refractivity contribution in [1.29, 1.82) is 0 Å². The van der Waals surface area contributed by atoms with Crippen molar-refractivity contribution >= 4 is 28.6 Å². The van der Waals surface area contributed by atoms with E-state index in [1.807, 2.05) is 22.6 Å². The Morgan fingerprint density at radius 3 is 2.92 bits per heavy atom. The number of aliphatic carboxylic acids is 1. The minimum Gasteiger partial charge on any atom is -0.481 e. The number of pyridine rings is 1. The van der Waals surface area contributed by atoms with E-state index in [4.69, 9.17) is 5.11 Å². The van der Waals surface area contributed by atoms with Gasteiger partial charge in [0.1, 0.15) is 0 Å². The second-order valence-electron chi connectivity index (χ2n) is 2.13. The van der Waals surface area contributed by atoms with Gasteiger partial charge in [0.2, 0.25) is 5.95 Å². The molecule has 0 atom stereocenters. The van der Waals surface area contributed by atoms with Crippen LogP contribution in [0.5, 0.6) is 0 Å². The number of rotatable bonds is 2. The van der Waals surface area contributed by atoms with E-state index in [1.54, 1.807) is 0 Å². The smallest absolute Gasteiger partial charge is 0.309 e. The fraction of sp³-hybridized carbons (Fsp3) is 0.143. The lowest BCUT2D eigenvalue weighted by Gasteiger charge is -1.98. The summed E-state index contributed by atoms with van der Waals surface area (Å²) >= 11 is 1.92. The Labute approximate surface area is 81.8 Å². The van der Waals surface area contributed by atoms with Gasteiger partial charge in [0, 0.05) is 3.57 Å². The molecule has 1 aromatic heterocycles. The molecule has 0 saturated carbocycles. The first-order valence-corrected chi connectivity index (χ1v) is 4.20. The molecule has 0 radical (unpaired) electrons. The molecule has 0 unspecified atom stereocenters. The summed E-state index contributed by atoms with van der Waals surface area (Å²) in [5.74, 6) is -1.65. The average molecular weight is 281 g/mol. The van der Waals surface area contributed by atoms with Crippen molar-refractivity contribution < 1.29 is 14.3 Å². The molecule has 1 rings (SSSR count). The summed E-state index contributed by atoms with van der Waals surface area (Å²) in [6.07, 6.45) is -0.240. The van der Waals surface area contributed by atoms with E-state index >= 15 is 0 Å². The quantitative estimate of drug-likeness (QED) is 0.659. The lowest BCUT2D eigenvalue weighted by Crippen LogP contribution is -2.05. The van der Waals surface area contributed by atoms with E-state index < -0.39 is 11.9 Å². The summed E-state index contributed by atoms with van der Waals surface area (Å²) in [5, 5.41) is 8.42. The monoisotopic (exact) mass is 281 g/mol. The zero-order valence-electron chi connectivity index (χ0n) is 5.92. The summed E-state index contributed by atoms with van der Waals surface area (Å²) in [7, 11) is 0. The minimum absolute atomic E-state index is 0.240. The molecule has 1 aromatic rings. The minimum atomic E-state index is -1.01. The van der Waals surface area contributed by atoms with Gasteiger partial charge in [-0.15, -0.1) is 0 Å². The van der Waals surface area contributed by atoms with Crippen LogP contribution >= 0.6 is 22.6 Å². The van der Waals surface area contributed by atoms with Gasteiger partial charge in [0.05, 0.1) is 12.1 Å². The van der Waals surface area contributed by atoms with Gasteiger partial charge in [0.25, 0.3) is 0 Å². The summed E-state index contributed by atoms with van der Waals surface area (Å²) in [4.78, 5) is 13.7. The predicted molar refractivity (Wildman–Crippen MR) is 48.3 cm³/mol. The lowest BCUT2D eigenvalue weighted by molar-refractivity contribution is -0.136. The molecule has 0 saturated heterocycles. The molecule has 3 nitrogen and oxygen atoms in total. The largest absolute Gasteiger partial charge is 0.481 e. The van der Waals surface area contributed by atoms with Crippen LogP contribution in [0, 0.1) is 9.52 Å². The number of nitrogens with zero attached hydrogens (tertiary/aromatic N) is 1. The highest BCUT2D eigenvalue weighted by molar-refractivity contribution is 14.1. The molecule has 64 valence electrons. The summed E-state index contributed by atoms with van der Waals surface area (Å²) in [5.41, 5.74) is 0.267. The maximum absolute atomic E-state index is 12.5. The van der Waals surface area contributed by atoms with Crippen LogP contribution in [-0.2, 0) is 11.2 Å². The maximum Gasteiger partial charge on any atom is 0.309 e. The standard InChI is InChI=1S/C7H5FINO2/c8-6-2-1-4(9)5(10-6)3-7(11)12/h1-2H,3H2,(H,11,12). The van der Waals surface area contributed by atoms with E-state index in [1.165, 1.54) is 12.1 Å². The number of hydrogen-bond donors (Lipinski definition) is 1. The number of carboxylic acid groups (broad SMARTS) is 1. The van der Waals surface area contributed by atoms with E-state index in [9.17, 15) is 9.18 Å². The molecule has 0 spiro atoms. The molecule has 1 N–H and O–H groups in total. The molecule has 0 bridgehead atoms. The van der Waals surface area contributed by atoms with Gasteiger partial charge in [-0.1, -0.05) is 0 Å². The molecule has 1 heterocycles.